The summed E-state index contributed by atoms with van der Waals surface area (Å²) in [5.41, 5.74) is 0. The van der Waals surface area contributed by atoms with Gasteiger partial charge in [0, 0.05) is 17.8 Å². The van der Waals surface area contributed by atoms with Gasteiger partial charge in [0.1, 0.15) is 6.29 Å². The van der Waals surface area contributed by atoms with E-state index in [-0.39, 0.29) is 4.92 Å². The van der Waals surface area contributed by atoms with Crippen molar-refractivity contribution in [2.75, 3.05) is 0 Å². The number of allylic oxidation sites excluding steroid dienone is 1. The van der Waals surface area contributed by atoms with Gasteiger partial charge in [0.2, 0.25) is 6.04 Å². The van der Waals surface area contributed by atoms with E-state index >= 15 is 0 Å². The molecule has 0 saturated carbocycles. The van der Waals surface area contributed by atoms with Gasteiger partial charge in [-0.1, -0.05) is 70.8 Å². The Labute approximate surface area is 148 Å². The molecule has 1 atom stereocenters. The molecule has 0 rings (SSSR count). The van der Waals surface area contributed by atoms with E-state index in [1.165, 1.54) is 38.5 Å². The average molecular weight is 340 g/mol. The van der Waals surface area contributed by atoms with Gasteiger partial charge in [0.05, 0.1) is 0 Å². The Morgan fingerprint density at radius 3 is 1.96 bits per heavy atom. The van der Waals surface area contributed by atoms with Crippen molar-refractivity contribution < 1.29 is 9.72 Å². The summed E-state index contributed by atoms with van der Waals surface area (Å²) in [6.45, 7) is 2.23. The highest BCUT2D eigenvalue weighted by Crippen LogP contribution is 2.12. The van der Waals surface area contributed by atoms with Gasteiger partial charge in [-0.3, -0.25) is 10.1 Å². The zero-order valence-electron chi connectivity index (χ0n) is 15.6. The second-order valence-corrected chi connectivity index (χ2v) is 6.70. The van der Waals surface area contributed by atoms with E-state index in [9.17, 15) is 14.9 Å². The van der Waals surface area contributed by atoms with Crippen molar-refractivity contribution in [3.8, 4) is 0 Å². The van der Waals surface area contributed by atoms with Crippen molar-refractivity contribution in [1.82, 2.24) is 0 Å². The van der Waals surface area contributed by atoms with E-state index in [2.05, 4.69) is 6.92 Å². The monoisotopic (exact) mass is 339 g/mol. The first-order chi connectivity index (χ1) is 11.7. The molecule has 4 nitrogen and oxygen atoms in total. The van der Waals surface area contributed by atoms with Crippen molar-refractivity contribution in [1.29, 1.82) is 0 Å². The van der Waals surface area contributed by atoms with Crippen LogP contribution in [0.1, 0.15) is 103 Å². The maximum Gasteiger partial charge on any atom is 0.231 e. The van der Waals surface area contributed by atoms with Crippen molar-refractivity contribution >= 4 is 6.29 Å². The van der Waals surface area contributed by atoms with Crippen molar-refractivity contribution in [3.05, 3.63) is 22.3 Å². The van der Waals surface area contributed by atoms with E-state index in [1.807, 2.05) is 6.08 Å². The molecule has 0 aliphatic heterocycles. The van der Waals surface area contributed by atoms with Gasteiger partial charge in [-0.25, -0.2) is 0 Å². The lowest BCUT2D eigenvalue weighted by molar-refractivity contribution is -0.510. The minimum absolute atomic E-state index is 0.159. The quantitative estimate of drug-likeness (QED) is 0.0973. The Bertz CT molecular complexity index is 329. The second kappa shape index (κ2) is 18.2. The third-order valence-corrected chi connectivity index (χ3v) is 4.43. The topological polar surface area (TPSA) is 60.2 Å². The van der Waals surface area contributed by atoms with Crippen LogP contribution in [0.2, 0.25) is 0 Å². The predicted octanol–water partition coefficient (Wildman–Crippen LogP) is 6.26. The highest BCUT2D eigenvalue weighted by molar-refractivity contribution is 5.48. The number of carbonyl (C=O) groups excluding carboxylic acids is 1. The van der Waals surface area contributed by atoms with Gasteiger partial charge in [0.25, 0.3) is 0 Å². The van der Waals surface area contributed by atoms with E-state index in [0.717, 1.165) is 51.2 Å². The number of hydrogen-bond acceptors (Lipinski definition) is 3. The third kappa shape index (κ3) is 15.7. The fraction of sp³-hybridized carbons (Fsp3) is 0.850. The minimum atomic E-state index is -0.524. The second-order valence-electron chi connectivity index (χ2n) is 6.70. The van der Waals surface area contributed by atoms with E-state index in [1.54, 1.807) is 6.08 Å². The number of unbranched alkanes of at least 4 members (excludes halogenated alkanes) is 12. The molecule has 0 aromatic rings. The van der Waals surface area contributed by atoms with Crippen molar-refractivity contribution in [3.63, 3.8) is 0 Å². The average Bonchev–Trinajstić information content (AvgIpc) is 2.57. The Balaban J connectivity index is 3.64. The van der Waals surface area contributed by atoms with Crippen LogP contribution in [0.3, 0.4) is 0 Å². The van der Waals surface area contributed by atoms with Gasteiger partial charge in [-0.15, -0.1) is 0 Å². The molecule has 0 fully saturated rings. The van der Waals surface area contributed by atoms with Crippen LogP contribution >= 0.6 is 0 Å². The van der Waals surface area contributed by atoms with Crippen LogP contribution in [0.15, 0.2) is 12.2 Å². The highest BCUT2D eigenvalue weighted by atomic mass is 16.6. The molecule has 140 valence electrons. The summed E-state index contributed by atoms with van der Waals surface area (Å²) in [6.07, 6.45) is 20.9. The summed E-state index contributed by atoms with van der Waals surface area (Å²) < 4.78 is 0. The number of hydrogen-bond donors (Lipinski definition) is 0. The zero-order valence-corrected chi connectivity index (χ0v) is 15.6. The SMILES string of the molecule is CCCCCCCCC/C=C/C(CCCCCCCC=O)[N+](=O)[O-]. The molecule has 1 unspecified atom stereocenters. The van der Waals surface area contributed by atoms with Gasteiger partial charge < -0.3 is 4.79 Å². The number of nitrogens with zero attached hydrogens (tertiary/aromatic N) is 1. The third-order valence-electron chi connectivity index (χ3n) is 4.43. The fourth-order valence-corrected chi connectivity index (χ4v) is 2.86. The molecule has 0 aliphatic carbocycles. The molecular weight excluding hydrogens is 302 g/mol. The van der Waals surface area contributed by atoms with Crippen LogP contribution in [-0.4, -0.2) is 17.3 Å². The molecule has 24 heavy (non-hydrogen) atoms. The lowest BCUT2D eigenvalue weighted by Crippen LogP contribution is -2.16. The number of carbonyl (C=O) groups is 1. The molecule has 0 N–H and O–H groups in total. The van der Waals surface area contributed by atoms with E-state index < -0.39 is 6.04 Å². The molecule has 0 radical (unpaired) electrons. The largest absolute Gasteiger partial charge is 0.303 e. The molecule has 4 heteroatoms. The van der Waals surface area contributed by atoms with Crippen LogP contribution in [0.4, 0.5) is 0 Å². The zero-order chi connectivity index (χ0) is 17.9. The van der Waals surface area contributed by atoms with Gasteiger partial charge in [-0.2, -0.15) is 0 Å². The summed E-state index contributed by atoms with van der Waals surface area (Å²) in [7, 11) is 0. The molecular formula is C20H37NO3. The fourth-order valence-electron chi connectivity index (χ4n) is 2.86. The van der Waals surface area contributed by atoms with E-state index in [0.29, 0.717) is 12.8 Å². The van der Waals surface area contributed by atoms with Crippen LogP contribution in [0, 0.1) is 10.1 Å². The minimum Gasteiger partial charge on any atom is -0.303 e. The lowest BCUT2D eigenvalue weighted by atomic mass is 10.0. The van der Waals surface area contributed by atoms with E-state index in [4.69, 9.17) is 0 Å². The Morgan fingerprint density at radius 2 is 1.38 bits per heavy atom. The standard InChI is InChI=1S/C20H37NO3/c1-2-3-4-5-6-7-8-11-14-17-20(21(23)24)18-15-12-9-10-13-16-19-22/h14,17,19-20H,2-13,15-16,18H2,1H3/b17-14+. The first-order valence-electron chi connectivity index (χ1n) is 9.96. The van der Waals surface area contributed by atoms with Gasteiger partial charge >= 0.3 is 0 Å². The summed E-state index contributed by atoms with van der Waals surface area (Å²) in [5, 5.41) is 11.1. The molecule has 0 saturated heterocycles. The van der Waals surface area contributed by atoms with Crippen LogP contribution in [-0.2, 0) is 4.79 Å². The van der Waals surface area contributed by atoms with Crippen molar-refractivity contribution in [2.24, 2.45) is 0 Å². The molecule has 0 bridgehead atoms. The summed E-state index contributed by atoms with van der Waals surface area (Å²) >= 11 is 0. The molecule has 0 amide bonds. The Kier molecular flexibility index (Phi) is 17.3. The summed E-state index contributed by atoms with van der Waals surface area (Å²) in [5.74, 6) is 0. The smallest absolute Gasteiger partial charge is 0.231 e. The molecule has 0 aromatic heterocycles. The highest BCUT2D eigenvalue weighted by Gasteiger charge is 2.14. The Hall–Kier alpha value is -1.19. The first-order valence-corrected chi connectivity index (χ1v) is 9.96. The Morgan fingerprint density at radius 1 is 0.833 bits per heavy atom. The predicted molar refractivity (Wildman–Crippen MR) is 101 cm³/mol. The van der Waals surface area contributed by atoms with Crippen LogP contribution in [0.25, 0.3) is 0 Å². The van der Waals surface area contributed by atoms with Crippen LogP contribution < -0.4 is 0 Å². The number of nitro groups is 1. The summed E-state index contributed by atoms with van der Waals surface area (Å²) in [6, 6.07) is -0.524. The van der Waals surface area contributed by atoms with Gasteiger partial charge in [-0.05, 0) is 31.8 Å². The normalized spacial score (nSPS) is 12.5. The summed E-state index contributed by atoms with van der Waals surface area (Å²) in [4.78, 5) is 21.1. The molecule has 0 spiro atoms. The first kappa shape index (κ1) is 22.8. The maximum atomic E-state index is 11.1. The number of aldehydes is 1. The van der Waals surface area contributed by atoms with Crippen LogP contribution in [0.5, 0.6) is 0 Å². The molecule has 0 aromatic carbocycles. The molecule has 0 aliphatic rings. The van der Waals surface area contributed by atoms with Gasteiger partial charge in [0.15, 0.2) is 0 Å². The van der Waals surface area contributed by atoms with Crippen molar-refractivity contribution in [2.45, 2.75) is 109 Å². The molecule has 0 heterocycles. The maximum absolute atomic E-state index is 11.1. The lowest BCUT2D eigenvalue weighted by Gasteiger charge is -2.05. The number of rotatable bonds is 18.